The molecule has 2 fully saturated rings. The quantitative estimate of drug-likeness (QED) is 0.482. The van der Waals surface area contributed by atoms with E-state index in [1.165, 1.54) is 6.42 Å². The number of aryl methyl sites for hydroxylation is 1. The molecule has 3 atom stereocenters. The largest absolute Gasteiger partial charge is 0.456 e. The Morgan fingerprint density at radius 2 is 1.77 bits per heavy atom. The molecular weight excluding hydrogens is 276 g/mol. The van der Waals surface area contributed by atoms with Crippen molar-refractivity contribution in [2.24, 2.45) is 16.7 Å². The molecule has 0 aliphatic heterocycles. The first-order valence-corrected chi connectivity index (χ1v) is 8.08. The van der Waals surface area contributed by atoms with Crippen molar-refractivity contribution in [1.29, 1.82) is 0 Å². The molecule has 0 heterocycles. The Balaban J connectivity index is 1.73. The van der Waals surface area contributed by atoms with Crippen LogP contribution in [-0.4, -0.2) is 17.9 Å². The number of fused-ring (bicyclic) bond motifs is 2. The summed E-state index contributed by atoms with van der Waals surface area (Å²) in [6.45, 7) is 8.68. The van der Waals surface area contributed by atoms with Crippen molar-refractivity contribution in [3.05, 3.63) is 35.4 Å². The fraction of sp³-hybridized carbons (Fsp3) is 0.579. The molecule has 2 unspecified atom stereocenters. The Bertz CT molecular complexity index is 614. The number of esters is 1. The second-order valence-corrected chi connectivity index (χ2v) is 7.70. The van der Waals surface area contributed by atoms with Gasteiger partial charge in [0.25, 0.3) is 5.78 Å². The molecule has 0 amide bonds. The standard InChI is InChI=1S/C19H24O3/c1-12-5-7-13(8-6-12)16(20)17(21)22-15-11-14-9-10-19(15,4)18(14,2)3/h5-8,14-15H,9-11H2,1-4H3/t14?,15?,19-/m0/s1. The van der Waals surface area contributed by atoms with Gasteiger partial charge in [-0.15, -0.1) is 0 Å². The van der Waals surface area contributed by atoms with Crippen LogP contribution < -0.4 is 0 Å². The zero-order valence-corrected chi connectivity index (χ0v) is 13.8. The van der Waals surface area contributed by atoms with E-state index in [4.69, 9.17) is 4.74 Å². The number of rotatable bonds is 3. The summed E-state index contributed by atoms with van der Waals surface area (Å²) >= 11 is 0. The first kappa shape index (κ1) is 15.3. The molecule has 118 valence electrons. The lowest BCUT2D eigenvalue weighted by atomic mass is 9.70. The van der Waals surface area contributed by atoms with Crippen molar-refractivity contribution in [1.82, 2.24) is 0 Å². The van der Waals surface area contributed by atoms with E-state index in [1.54, 1.807) is 12.1 Å². The summed E-state index contributed by atoms with van der Waals surface area (Å²) in [4.78, 5) is 24.5. The maximum absolute atomic E-state index is 12.2. The van der Waals surface area contributed by atoms with Gasteiger partial charge in [-0.25, -0.2) is 4.79 Å². The molecule has 2 aliphatic rings. The number of ketones is 1. The van der Waals surface area contributed by atoms with Crippen LogP contribution in [0, 0.1) is 23.7 Å². The fourth-order valence-corrected chi connectivity index (χ4v) is 4.31. The van der Waals surface area contributed by atoms with Crippen LogP contribution in [0.2, 0.25) is 0 Å². The second kappa shape index (κ2) is 4.94. The molecule has 0 N–H and O–H groups in total. The monoisotopic (exact) mass is 300 g/mol. The molecule has 0 radical (unpaired) electrons. The highest BCUT2D eigenvalue weighted by Gasteiger charge is 2.63. The molecular formula is C19H24O3. The molecule has 2 bridgehead atoms. The van der Waals surface area contributed by atoms with E-state index < -0.39 is 11.8 Å². The van der Waals surface area contributed by atoms with Crippen molar-refractivity contribution >= 4 is 11.8 Å². The topological polar surface area (TPSA) is 43.4 Å². The smallest absolute Gasteiger partial charge is 0.379 e. The van der Waals surface area contributed by atoms with Crippen molar-refractivity contribution in [3.8, 4) is 0 Å². The molecule has 1 aromatic carbocycles. The molecule has 2 saturated carbocycles. The van der Waals surface area contributed by atoms with Gasteiger partial charge >= 0.3 is 5.97 Å². The number of benzene rings is 1. The van der Waals surface area contributed by atoms with Gasteiger partial charge in [-0.1, -0.05) is 50.6 Å². The van der Waals surface area contributed by atoms with E-state index >= 15 is 0 Å². The van der Waals surface area contributed by atoms with Gasteiger partial charge in [-0.3, -0.25) is 4.79 Å². The van der Waals surface area contributed by atoms with Gasteiger partial charge < -0.3 is 4.74 Å². The average molecular weight is 300 g/mol. The van der Waals surface area contributed by atoms with Crippen LogP contribution >= 0.6 is 0 Å². The zero-order valence-electron chi connectivity index (χ0n) is 13.8. The first-order valence-electron chi connectivity index (χ1n) is 8.08. The molecule has 22 heavy (non-hydrogen) atoms. The maximum atomic E-state index is 12.2. The highest BCUT2D eigenvalue weighted by atomic mass is 16.5. The Hall–Kier alpha value is -1.64. The van der Waals surface area contributed by atoms with E-state index in [2.05, 4.69) is 20.8 Å². The van der Waals surface area contributed by atoms with Crippen LogP contribution in [0.5, 0.6) is 0 Å². The molecule has 0 aromatic heterocycles. The Morgan fingerprint density at radius 3 is 2.27 bits per heavy atom. The summed E-state index contributed by atoms with van der Waals surface area (Å²) in [5, 5.41) is 0. The molecule has 2 aliphatic carbocycles. The molecule has 3 rings (SSSR count). The Morgan fingerprint density at radius 1 is 1.14 bits per heavy atom. The lowest BCUT2D eigenvalue weighted by Gasteiger charge is -2.38. The normalized spacial score (nSPS) is 32.0. The van der Waals surface area contributed by atoms with Crippen LogP contribution in [0.4, 0.5) is 0 Å². The number of hydrogen-bond donors (Lipinski definition) is 0. The summed E-state index contributed by atoms with van der Waals surface area (Å²) < 4.78 is 5.64. The summed E-state index contributed by atoms with van der Waals surface area (Å²) in [5.41, 5.74) is 1.63. The molecule has 3 heteroatoms. The molecule has 0 spiro atoms. The number of hydrogen-bond acceptors (Lipinski definition) is 3. The molecule has 3 nitrogen and oxygen atoms in total. The molecule has 0 saturated heterocycles. The van der Waals surface area contributed by atoms with Crippen molar-refractivity contribution in [2.45, 2.75) is 53.1 Å². The van der Waals surface area contributed by atoms with Gasteiger partial charge in [0, 0.05) is 11.0 Å². The van der Waals surface area contributed by atoms with Gasteiger partial charge in [0.15, 0.2) is 0 Å². The minimum atomic E-state index is -0.710. The lowest BCUT2D eigenvalue weighted by Crippen LogP contribution is -2.39. The van der Waals surface area contributed by atoms with Crippen molar-refractivity contribution < 1.29 is 14.3 Å². The minimum Gasteiger partial charge on any atom is -0.456 e. The predicted octanol–water partition coefficient (Wildman–Crippen LogP) is 3.94. The highest BCUT2D eigenvalue weighted by molar-refractivity contribution is 6.40. The zero-order chi connectivity index (χ0) is 16.1. The fourth-order valence-electron chi connectivity index (χ4n) is 4.31. The summed E-state index contributed by atoms with van der Waals surface area (Å²) in [5.74, 6) is -0.660. The van der Waals surface area contributed by atoms with Gasteiger partial charge in [0.2, 0.25) is 0 Å². The third kappa shape index (κ3) is 2.10. The molecule has 1 aromatic rings. The predicted molar refractivity (Wildman–Crippen MR) is 84.6 cm³/mol. The average Bonchev–Trinajstić information content (AvgIpc) is 2.80. The van der Waals surface area contributed by atoms with Crippen LogP contribution in [0.25, 0.3) is 0 Å². The number of Topliss-reactive ketones (excluding diaryl/α,β-unsaturated/α-hetero) is 1. The van der Waals surface area contributed by atoms with E-state index in [1.807, 2.05) is 19.1 Å². The third-order valence-corrected chi connectivity index (χ3v) is 6.46. The van der Waals surface area contributed by atoms with Crippen LogP contribution in [0.1, 0.15) is 56.0 Å². The minimum absolute atomic E-state index is 0.0130. The number of carbonyl (C=O) groups excluding carboxylic acids is 2. The lowest BCUT2D eigenvalue weighted by molar-refractivity contribution is -0.150. The SMILES string of the molecule is Cc1ccc(C(=O)C(=O)OC2CC3CC[C@]2(C)C3(C)C)cc1. The number of carbonyl (C=O) groups is 2. The van der Waals surface area contributed by atoms with E-state index in [9.17, 15) is 9.59 Å². The third-order valence-electron chi connectivity index (χ3n) is 6.46. The van der Waals surface area contributed by atoms with Gasteiger partial charge in [-0.2, -0.15) is 0 Å². The highest BCUT2D eigenvalue weighted by Crippen LogP contribution is 2.66. The van der Waals surface area contributed by atoms with E-state index in [0.717, 1.165) is 18.4 Å². The number of ether oxygens (including phenoxy) is 1. The summed E-state index contributed by atoms with van der Waals surface area (Å²) in [6, 6.07) is 7.04. The van der Waals surface area contributed by atoms with E-state index in [0.29, 0.717) is 11.5 Å². The Labute approximate surface area is 132 Å². The van der Waals surface area contributed by atoms with Crippen molar-refractivity contribution in [2.75, 3.05) is 0 Å². The van der Waals surface area contributed by atoms with Crippen LogP contribution in [-0.2, 0) is 9.53 Å². The van der Waals surface area contributed by atoms with Gasteiger partial charge in [-0.05, 0) is 37.5 Å². The maximum Gasteiger partial charge on any atom is 0.379 e. The van der Waals surface area contributed by atoms with Gasteiger partial charge in [0.05, 0.1) is 0 Å². The second-order valence-electron chi connectivity index (χ2n) is 7.70. The van der Waals surface area contributed by atoms with Crippen molar-refractivity contribution in [3.63, 3.8) is 0 Å². The van der Waals surface area contributed by atoms with E-state index in [-0.39, 0.29) is 16.9 Å². The summed E-state index contributed by atoms with van der Waals surface area (Å²) in [7, 11) is 0. The van der Waals surface area contributed by atoms with Crippen LogP contribution in [0.3, 0.4) is 0 Å². The first-order chi connectivity index (χ1) is 10.3. The summed E-state index contributed by atoms with van der Waals surface area (Å²) in [6.07, 6.45) is 3.02. The van der Waals surface area contributed by atoms with Crippen LogP contribution in [0.15, 0.2) is 24.3 Å². The Kier molecular flexibility index (Phi) is 3.42. The van der Waals surface area contributed by atoms with Gasteiger partial charge in [0.1, 0.15) is 6.10 Å².